The number of hydrogen-bond acceptors (Lipinski definition) is 4. The summed E-state index contributed by atoms with van der Waals surface area (Å²) in [4.78, 5) is 14.5. The van der Waals surface area contributed by atoms with Crippen molar-refractivity contribution in [2.45, 2.75) is 31.4 Å². The first-order valence-corrected chi connectivity index (χ1v) is 9.37. The summed E-state index contributed by atoms with van der Waals surface area (Å²) in [7, 11) is 0. The highest BCUT2D eigenvalue weighted by molar-refractivity contribution is 7.08. The Kier molecular flexibility index (Phi) is 4.06. The Morgan fingerprint density at radius 2 is 2.33 bits per heavy atom. The van der Waals surface area contributed by atoms with Crippen molar-refractivity contribution in [2.75, 3.05) is 25.0 Å². The van der Waals surface area contributed by atoms with Crippen molar-refractivity contribution in [2.24, 2.45) is 0 Å². The van der Waals surface area contributed by atoms with Crippen LogP contribution in [0.5, 0.6) is 0 Å². The molecule has 126 valence electrons. The van der Waals surface area contributed by atoms with Gasteiger partial charge in [0.2, 0.25) is 0 Å². The molecule has 2 aliphatic heterocycles. The highest BCUT2D eigenvalue weighted by Crippen LogP contribution is 2.36. The second kappa shape index (κ2) is 6.22. The fourth-order valence-corrected chi connectivity index (χ4v) is 4.41. The fourth-order valence-electron chi connectivity index (χ4n) is 3.78. The van der Waals surface area contributed by atoms with Gasteiger partial charge in [-0.1, -0.05) is 12.1 Å². The maximum atomic E-state index is 12.5. The van der Waals surface area contributed by atoms with Crippen LogP contribution in [0.25, 0.3) is 0 Å². The van der Waals surface area contributed by atoms with Gasteiger partial charge in [0.05, 0.1) is 30.4 Å². The number of carbonyl (C=O) groups is 1. The SMILES string of the molecule is Cc1cccc(N[C@H]2CO[C@]3(CCN(C(=O)c4ccsc4)C3)C2)c1. The minimum Gasteiger partial charge on any atom is -0.380 e. The Hall–Kier alpha value is -1.85. The van der Waals surface area contributed by atoms with Gasteiger partial charge in [-0.15, -0.1) is 0 Å². The van der Waals surface area contributed by atoms with Crippen molar-refractivity contribution in [1.82, 2.24) is 4.90 Å². The molecule has 4 rings (SSSR count). The van der Waals surface area contributed by atoms with Crippen molar-refractivity contribution in [1.29, 1.82) is 0 Å². The summed E-state index contributed by atoms with van der Waals surface area (Å²) in [5, 5.41) is 7.45. The van der Waals surface area contributed by atoms with Crippen LogP contribution in [-0.2, 0) is 4.74 Å². The topological polar surface area (TPSA) is 41.6 Å². The molecule has 2 atom stereocenters. The molecule has 5 heteroatoms. The van der Waals surface area contributed by atoms with Crippen LogP contribution < -0.4 is 5.32 Å². The summed E-state index contributed by atoms with van der Waals surface area (Å²) in [5.74, 6) is 0.131. The maximum absolute atomic E-state index is 12.5. The standard InChI is InChI=1S/C19H22N2O2S/c1-14-3-2-4-16(9-14)20-17-10-19(23-11-17)6-7-21(13-19)18(22)15-5-8-24-12-15/h2-5,8-9,12,17,20H,6-7,10-11,13H2,1H3/t17-,19-/m1/s1. The summed E-state index contributed by atoms with van der Waals surface area (Å²) < 4.78 is 6.16. The van der Waals surface area contributed by atoms with Crippen molar-refractivity contribution < 1.29 is 9.53 Å². The molecule has 1 aromatic heterocycles. The van der Waals surface area contributed by atoms with Crippen LogP contribution in [0.15, 0.2) is 41.1 Å². The van der Waals surface area contributed by atoms with E-state index in [1.807, 2.05) is 21.7 Å². The van der Waals surface area contributed by atoms with E-state index < -0.39 is 0 Å². The van der Waals surface area contributed by atoms with Gasteiger partial charge < -0.3 is 15.0 Å². The second-order valence-corrected chi connectivity index (χ2v) is 7.68. The third-order valence-electron chi connectivity index (χ3n) is 4.97. The lowest BCUT2D eigenvalue weighted by Crippen LogP contribution is -2.36. The average Bonchev–Trinajstić information content (AvgIpc) is 3.30. The Balaban J connectivity index is 1.39. The van der Waals surface area contributed by atoms with Crippen LogP contribution in [0.2, 0.25) is 0 Å². The van der Waals surface area contributed by atoms with E-state index in [0.717, 1.165) is 30.6 Å². The number of aryl methyl sites for hydroxylation is 1. The monoisotopic (exact) mass is 342 g/mol. The molecule has 2 aromatic rings. The van der Waals surface area contributed by atoms with Gasteiger partial charge in [0, 0.05) is 24.0 Å². The van der Waals surface area contributed by atoms with Crippen LogP contribution >= 0.6 is 11.3 Å². The number of benzene rings is 1. The molecule has 2 fully saturated rings. The van der Waals surface area contributed by atoms with Crippen LogP contribution in [0, 0.1) is 6.92 Å². The molecule has 1 aromatic carbocycles. The van der Waals surface area contributed by atoms with E-state index in [1.54, 1.807) is 11.3 Å². The molecule has 2 saturated heterocycles. The van der Waals surface area contributed by atoms with Gasteiger partial charge in [0.1, 0.15) is 0 Å². The number of ether oxygens (including phenoxy) is 1. The van der Waals surface area contributed by atoms with Gasteiger partial charge in [-0.3, -0.25) is 4.79 Å². The zero-order valence-corrected chi connectivity index (χ0v) is 14.6. The van der Waals surface area contributed by atoms with Gasteiger partial charge >= 0.3 is 0 Å². The first-order chi connectivity index (χ1) is 11.6. The molecule has 24 heavy (non-hydrogen) atoms. The van der Waals surface area contributed by atoms with E-state index in [-0.39, 0.29) is 11.5 Å². The zero-order chi connectivity index (χ0) is 16.6. The lowest BCUT2D eigenvalue weighted by molar-refractivity contribution is 0.0125. The molecule has 0 aliphatic carbocycles. The molecule has 3 heterocycles. The largest absolute Gasteiger partial charge is 0.380 e. The lowest BCUT2D eigenvalue weighted by atomic mass is 9.97. The third kappa shape index (κ3) is 3.06. The van der Waals surface area contributed by atoms with Crippen molar-refractivity contribution >= 4 is 22.9 Å². The highest BCUT2D eigenvalue weighted by atomic mass is 32.1. The van der Waals surface area contributed by atoms with E-state index >= 15 is 0 Å². The number of amides is 1. The van der Waals surface area contributed by atoms with Crippen LogP contribution in [0.3, 0.4) is 0 Å². The summed E-state index contributed by atoms with van der Waals surface area (Å²) in [6.45, 7) is 4.29. The maximum Gasteiger partial charge on any atom is 0.254 e. The average molecular weight is 342 g/mol. The number of hydrogen-bond donors (Lipinski definition) is 1. The van der Waals surface area contributed by atoms with Crippen LogP contribution in [0.4, 0.5) is 5.69 Å². The number of nitrogens with zero attached hydrogens (tertiary/aromatic N) is 1. The number of nitrogens with one attached hydrogen (secondary N) is 1. The van der Waals surface area contributed by atoms with Gasteiger partial charge in [0.25, 0.3) is 5.91 Å². The Morgan fingerprint density at radius 3 is 3.12 bits per heavy atom. The van der Waals surface area contributed by atoms with Gasteiger partial charge in [-0.05, 0) is 42.5 Å². The quantitative estimate of drug-likeness (QED) is 0.927. The molecule has 2 aliphatic rings. The number of anilines is 1. The molecule has 1 N–H and O–H groups in total. The Bertz CT molecular complexity index is 731. The molecule has 0 radical (unpaired) electrons. The molecular weight excluding hydrogens is 320 g/mol. The summed E-state index contributed by atoms with van der Waals surface area (Å²) >= 11 is 1.56. The van der Waals surface area contributed by atoms with E-state index in [0.29, 0.717) is 19.2 Å². The molecule has 0 unspecified atom stereocenters. The first-order valence-electron chi connectivity index (χ1n) is 8.42. The van der Waals surface area contributed by atoms with Crippen molar-refractivity contribution in [3.05, 3.63) is 52.2 Å². The number of rotatable bonds is 3. The normalized spacial score (nSPS) is 26.2. The van der Waals surface area contributed by atoms with E-state index in [2.05, 4.69) is 36.5 Å². The predicted octanol–water partition coefficient (Wildman–Crippen LogP) is 3.54. The highest BCUT2D eigenvalue weighted by Gasteiger charge is 2.46. The number of likely N-dealkylation sites (tertiary alicyclic amines) is 1. The third-order valence-corrected chi connectivity index (χ3v) is 5.65. The van der Waals surface area contributed by atoms with Gasteiger partial charge in [-0.25, -0.2) is 0 Å². The molecular formula is C19H22N2O2S. The molecule has 0 saturated carbocycles. The minimum absolute atomic E-state index is 0.131. The predicted molar refractivity (Wildman–Crippen MR) is 96.7 cm³/mol. The molecule has 0 bridgehead atoms. The van der Waals surface area contributed by atoms with Crippen molar-refractivity contribution in [3.8, 4) is 0 Å². The lowest BCUT2D eigenvalue weighted by Gasteiger charge is -2.23. The molecule has 1 amide bonds. The second-order valence-electron chi connectivity index (χ2n) is 6.90. The van der Waals surface area contributed by atoms with Gasteiger partial charge in [0.15, 0.2) is 0 Å². The van der Waals surface area contributed by atoms with Crippen LogP contribution in [0.1, 0.15) is 28.8 Å². The van der Waals surface area contributed by atoms with Crippen LogP contribution in [-0.4, -0.2) is 42.1 Å². The Labute approximate surface area is 146 Å². The minimum atomic E-state index is -0.173. The van der Waals surface area contributed by atoms with E-state index in [9.17, 15) is 4.79 Å². The summed E-state index contributed by atoms with van der Waals surface area (Å²) in [5.41, 5.74) is 3.02. The van der Waals surface area contributed by atoms with E-state index in [4.69, 9.17) is 4.74 Å². The fraction of sp³-hybridized carbons (Fsp3) is 0.421. The molecule has 1 spiro atoms. The van der Waals surface area contributed by atoms with Crippen molar-refractivity contribution in [3.63, 3.8) is 0 Å². The first kappa shape index (κ1) is 15.7. The number of thiophene rings is 1. The smallest absolute Gasteiger partial charge is 0.254 e. The summed E-state index contributed by atoms with van der Waals surface area (Å²) in [6, 6.07) is 10.6. The zero-order valence-electron chi connectivity index (χ0n) is 13.8. The molecule has 4 nitrogen and oxygen atoms in total. The van der Waals surface area contributed by atoms with Gasteiger partial charge in [-0.2, -0.15) is 11.3 Å². The number of carbonyl (C=O) groups excluding carboxylic acids is 1. The van der Waals surface area contributed by atoms with E-state index in [1.165, 1.54) is 5.56 Å². The summed E-state index contributed by atoms with van der Waals surface area (Å²) in [6.07, 6.45) is 1.88. The Morgan fingerprint density at radius 1 is 1.42 bits per heavy atom.